The molecule has 0 aliphatic heterocycles. The summed E-state index contributed by atoms with van der Waals surface area (Å²) in [5, 5.41) is 0. The average Bonchev–Trinajstić information content (AvgIpc) is 2.28. The Morgan fingerprint density at radius 3 is 2.47 bits per heavy atom. The van der Waals surface area contributed by atoms with Gasteiger partial charge in [0.25, 0.3) is 5.91 Å². The highest BCUT2D eigenvalue weighted by Gasteiger charge is 2.24. The largest absolute Gasteiger partial charge is 0.368 e. The van der Waals surface area contributed by atoms with Gasteiger partial charge in [0.05, 0.1) is 17.0 Å². The van der Waals surface area contributed by atoms with Gasteiger partial charge in [-0.2, -0.15) is 0 Å². The zero-order valence-corrected chi connectivity index (χ0v) is 10.1. The van der Waals surface area contributed by atoms with E-state index in [0.717, 1.165) is 18.5 Å². The highest BCUT2D eigenvalue weighted by Crippen LogP contribution is 2.34. The summed E-state index contributed by atoms with van der Waals surface area (Å²) in [6.07, 6.45) is 5.70. The number of carbonyl (C=O) groups is 1. The van der Waals surface area contributed by atoms with Crippen molar-refractivity contribution in [2.75, 3.05) is 5.73 Å². The zero-order valence-electron chi connectivity index (χ0n) is 10.1. The number of anilines is 1. The number of hydrogen-bond donors (Lipinski definition) is 2. The van der Waals surface area contributed by atoms with Gasteiger partial charge in [0.2, 0.25) is 5.95 Å². The minimum absolute atomic E-state index is 0.230. The number of nitrogens with two attached hydrogens (primary N) is 2. The summed E-state index contributed by atoms with van der Waals surface area (Å²) < 4.78 is 0. The fourth-order valence-electron chi connectivity index (χ4n) is 2.59. The van der Waals surface area contributed by atoms with E-state index >= 15 is 0 Å². The molecule has 1 saturated carbocycles. The molecule has 17 heavy (non-hydrogen) atoms. The molecule has 5 nitrogen and oxygen atoms in total. The first-order chi connectivity index (χ1) is 8.09. The van der Waals surface area contributed by atoms with E-state index < -0.39 is 5.91 Å². The topological polar surface area (TPSA) is 94.9 Å². The predicted molar refractivity (Wildman–Crippen MR) is 65.5 cm³/mol. The average molecular weight is 234 g/mol. The summed E-state index contributed by atoms with van der Waals surface area (Å²) in [6, 6.07) is 0. The van der Waals surface area contributed by atoms with E-state index in [1.807, 2.05) is 0 Å². The second-order valence-electron chi connectivity index (χ2n) is 4.63. The van der Waals surface area contributed by atoms with Gasteiger partial charge >= 0.3 is 0 Å². The van der Waals surface area contributed by atoms with Crippen LogP contribution in [-0.4, -0.2) is 15.9 Å². The maximum absolute atomic E-state index is 11.5. The quantitative estimate of drug-likeness (QED) is 0.810. The van der Waals surface area contributed by atoms with Crippen LogP contribution in [0, 0.1) is 6.92 Å². The minimum Gasteiger partial charge on any atom is -0.368 e. The van der Waals surface area contributed by atoms with Crippen molar-refractivity contribution in [2.24, 2.45) is 5.73 Å². The monoisotopic (exact) mass is 234 g/mol. The molecule has 1 aromatic heterocycles. The first kappa shape index (κ1) is 11.8. The van der Waals surface area contributed by atoms with Gasteiger partial charge in [0.15, 0.2) is 0 Å². The summed E-state index contributed by atoms with van der Waals surface area (Å²) in [5.74, 6) is 0.0754. The second-order valence-corrected chi connectivity index (χ2v) is 4.63. The Morgan fingerprint density at radius 1 is 1.24 bits per heavy atom. The molecule has 1 heterocycles. The lowest BCUT2D eigenvalue weighted by atomic mass is 9.84. The first-order valence-corrected chi connectivity index (χ1v) is 6.03. The molecule has 0 bridgehead atoms. The Kier molecular flexibility index (Phi) is 3.26. The molecule has 0 unspecified atom stereocenters. The van der Waals surface area contributed by atoms with Gasteiger partial charge in [-0.15, -0.1) is 0 Å². The third-order valence-electron chi connectivity index (χ3n) is 3.37. The van der Waals surface area contributed by atoms with E-state index in [1.165, 1.54) is 19.3 Å². The lowest BCUT2D eigenvalue weighted by Gasteiger charge is -2.23. The minimum atomic E-state index is -0.455. The number of aryl methyl sites for hydroxylation is 1. The maximum atomic E-state index is 11.5. The SMILES string of the molecule is Cc1nc(N)nc(C2CCCCC2)c1C(N)=O. The molecule has 1 aliphatic carbocycles. The van der Waals surface area contributed by atoms with E-state index in [2.05, 4.69) is 9.97 Å². The Balaban J connectivity index is 2.46. The van der Waals surface area contributed by atoms with Crippen molar-refractivity contribution >= 4 is 11.9 Å². The van der Waals surface area contributed by atoms with Crippen LogP contribution in [0.25, 0.3) is 0 Å². The van der Waals surface area contributed by atoms with Crippen LogP contribution in [0.4, 0.5) is 5.95 Å². The van der Waals surface area contributed by atoms with Crippen molar-refractivity contribution in [1.82, 2.24) is 9.97 Å². The number of hydrogen-bond acceptors (Lipinski definition) is 4. The highest BCUT2D eigenvalue weighted by atomic mass is 16.1. The van der Waals surface area contributed by atoms with Crippen molar-refractivity contribution < 1.29 is 4.79 Å². The van der Waals surface area contributed by atoms with Crippen molar-refractivity contribution in [3.63, 3.8) is 0 Å². The summed E-state index contributed by atoms with van der Waals surface area (Å²) in [7, 11) is 0. The Labute approximate surface area is 101 Å². The van der Waals surface area contributed by atoms with E-state index in [1.54, 1.807) is 6.92 Å². The number of nitrogen functional groups attached to an aromatic ring is 1. The van der Waals surface area contributed by atoms with Crippen LogP contribution in [0.2, 0.25) is 0 Å². The van der Waals surface area contributed by atoms with Gasteiger partial charge in [-0.25, -0.2) is 9.97 Å². The van der Waals surface area contributed by atoms with Gasteiger partial charge in [0, 0.05) is 5.92 Å². The van der Waals surface area contributed by atoms with E-state index in [0.29, 0.717) is 17.2 Å². The van der Waals surface area contributed by atoms with E-state index in [4.69, 9.17) is 11.5 Å². The van der Waals surface area contributed by atoms with Crippen LogP contribution in [-0.2, 0) is 0 Å². The van der Waals surface area contributed by atoms with E-state index in [-0.39, 0.29) is 5.95 Å². The number of carbonyl (C=O) groups excluding carboxylic acids is 1. The molecule has 1 aliphatic rings. The zero-order chi connectivity index (χ0) is 12.4. The molecule has 2 rings (SSSR count). The third kappa shape index (κ3) is 2.38. The van der Waals surface area contributed by atoms with Crippen LogP contribution in [0.1, 0.15) is 59.8 Å². The van der Waals surface area contributed by atoms with Gasteiger partial charge in [0.1, 0.15) is 0 Å². The molecular weight excluding hydrogens is 216 g/mol. The second kappa shape index (κ2) is 4.69. The van der Waals surface area contributed by atoms with Crippen molar-refractivity contribution in [3.8, 4) is 0 Å². The molecule has 0 saturated heterocycles. The van der Waals surface area contributed by atoms with Crippen LogP contribution in [0.5, 0.6) is 0 Å². The molecule has 0 aromatic carbocycles. The highest BCUT2D eigenvalue weighted by molar-refractivity contribution is 5.95. The van der Waals surface area contributed by atoms with Gasteiger partial charge in [-0.1, -0.05) is 19.3 Å². The molecule has 92 valence electrons. The number of amides is 1. The van der Waals surface area contributed by atoms with Gasteiger partial charge in [-0.3, -0.25) is 4.79 Å². The Hall–Kier alpha value is -1.65. The van der Waals surface area contributed by atoms with Crippen molar-refractivity contribution in [1.29, 1.82) is 0 Å². The number of rotatable bonds is 2. The molecule has 5 heteroatoms. The number of primary amides is 1. The maximum Gasteiger partial charge on any atom is 0.252 e. The fraction of sp³-hybridized carbons (Fsp3) is 0.583. The van der Waals surface area contributed by atoms with E-state index in [9.17, 15) is 4.79 Å². The lowest BCUT2D eigenvalue weighted by molar-refractivity contribution is 0.0997. The van der Waals surface area contributed by atoms with Crippen LogP contribution >= 0.6 is 0 Å². The predicted octanol–water partition coefficient (Wildman–Crippen LogP) is 1.51. The molecule has 0 radical (unpaired) electrons. The molecule has 4 N–H and O–H groups in total. The lowest BCUT2D eigenvalue weighted by Crippen LogP contribution is -2.21. The molecule has 1 amide bonds. The first-order valence-electron chi connectivity index (χ1n) is 6.03. The van der Waals surface area contributed by atoms with Crippen LogP contribution in [0.3, 0.4) is 0 Å². The standard InChI is InChI=1S/C12H18N4O/c1-7-9(11(13)17)10(16-12(14)15-7)8-5-3-2-4-6-8/h8H,2-6H2,1H3,(H2,13,17)(H2,14,15,16). The summed E-state index contributed by atoms with van der Waals surface area (Å²) in [4.78, 5) is 19.8. The normalized spacial score (nSPS) is 17.0. The van der Waals surface area contributed by atoms with Crippen LogP contribution in [0.15, 0.2) is 0 Å². The van der Waals surface area contributed by atoms with Gasteiger partial charge in [-0.05, 0) is 19.8 Å². The molecular formula is C12H18N4O. The summed E-state index contributed by atoms with van der Waals surface area (Å²) in [5.41, 5.74) is 12.9. The third-order valence-corrected chi connectivity index (χ3v) is 3.37. The summed E-state index contributed by atoms with van der Waals surface area (Å²) in [6.45, 7) is 1.75. The molecule has 0 spiro atoms. The number of nitrogens with zero attached hydrogens (tertiary/aromatic N) is 2. The van der Waals surface area contributed by atoms with Crippen molar-refractivity contribution in [3.05, 3.63) is 17.0 Å². The Bertz CT molecular complexity index is 438. The molecule has 1 aromatic rings. The fourth-order valence-corrected chi connectivity index (χ4v) is 2.59. The number of aromatic nitrogens is 2. The smallest absolute Gasteiger partial charge is 0.252 e. The van der Waals surface area contributed by atoms with Gasteiger partial charge < -0.3 is 11.5 Å². The Morgan fingerprint density at radius 2 is 1.88 bits per heavy atom. The summed E-state index contributed by atoms with van der Waals surface area (Å²) >= 11 is 0. The van der Waals surface area contributed by atoms with Crippen LogP contribution < -0.4 is 11.5 Å². The molecule has 1 fully saturated rings. The molecule has 0 atom stereocenters. The van der Waals surface area contributed by atoms with Crippen molar-refractivity contribution in [2.45, 2.75) is 44.9 Å².